The molecule has 22 heavy (non-hydrogen) atoms. The number of aryl methyl sites for hydroxylation is 2. The molecule has 0 aliphatic carbocycles. The fourth-order valence-corrected chi connectivity index (χ4v) is 2.13. The van der Waals surface area contributed by atoms with Gasteiger partial charge in [0.05, 0.1) is 0 Å². The summed E-state index contributed by atoms with van der Waals surface area (Å²) in [7, 11) is 0. The van der Waals surface area contributed by atoms with Crippen LogP contribution in [0.2, 0.25) is 0 Å². The van der Waals surface area contributed by atoms with Gasteiger partial charge in [-0.1, -0.05) is 18.2 Å². The number of esters is 1. The van der Waals surface area contributed by atoms with E-state index in [-0.39, 0.29) is 5.91 Å². The molecular formula is C17H19NO4. The monoisotopic (exact) mass is 301 g/mol. The van der Waals surface area contributed by atoms with E-state index >= 15 is 0 Å². The van der Waals surface area contributed by atoms with Gasteiger partial charge in [-0.3, -0.25) is 4.79 Å². The van der Waals surface area contributed by atoms with E-state index < -0.39 is 12.1 Å². The number of benzene rings is 1. The second-order valence-electron chi connectivity index (χ2n) is 5.12. The number of carbonyl (C=O) groups excluding carboxylic acids is 2. The van der Waals surface area contributed by atoms with Crippen molar-refractivity contribution in [3.05, 3.63) is 53.0 Å². The highest BCUT2D eigenvalue weighted by atomic mass is 16.5. The van der Waals surface area contributed by atoms with Crippen LogP contribution in [0.4, 0.5) is 5.69 Å². The van der Waals surface area contributed by atoms with Gasteiger partial charge in [0.1, 0.15) is 17.1 Å². The van der Waals surface area contributed by atoms with Crippen LogP contribution < -0.4 is 5.32 Å². The van der Waals surface area contributed by atoms with Crippen LogP contribution in [0.5, 0.6) is 0 Å². The van der Waals surface area contributed by atoms with Crippen molar-refractivity contribution < 1.29 is 18.7 Å². The molecule has 2 aromatic rings. The molecule has 0 aliphatic heterocycles. The number of hydrogen-bond acceptors (Lipinski definition) is 4. The average Bonchev–Trinajstić information content (AvgIpc) is 2.73. The van der Waals surface area contributed by atoms with Gasteiger partial charge < -0.3 is 14.5 Å². The summed E-state index contributed by atoms with van der Waals surface area (Å²) in [6.45, 7) is 6.81. The van der Waals surface area contributed by atoms with Gasteiger partial charge in [0.15, 0.2) is 6.10 Å². The summed E-state index contributed by atoms with van der Waals surface area (Å²) >= 11 is 0. The number of amides is 1. The molecule has 0 bridgehead atoms. The van der Waals surface area contributed by atoms with Crippen molar-refractivity contribution in [2.45, 2.75) is 33.8 Å². The zero-order valence-corrected chi connectivity index (χ0v) is 13.1. The maximum absolute atomic E-state index is 12.2. The Labute approximate surface area is 129 Å². The third-order valence-electron chi connectivity index (χ3n) is 3.46. The summed E-state index contributed by atoms with van der Waals surface area (Å²) in [5.41, 5.74) is 1.77. The van der Waals surface area contributed by atoms with E-state index in [1.54, 1.807) is 32.9 Å². The van der Waals surface area contributed by atoms with E-state index in [0.717, 1.165) is 5.56 Å². The Morgan fingerprint density at radius 1 is 1.09 bits per heavy atom. The van der Waals surface area contributed by atoms with Crippen LogP contribution in [0.15, 0.2) is 34.7 Å². The molecule has 0 spiro atoms. The van der Waals surface area contributed by atoms with Gasteiger partial charge in [-0.05, 0) is 39.8 Å². The highest BCUT2D eigenvalue weighted by molar-refractivity contribution is 5.98. The van der Waals surface area contributed by atoms with Crippen LogP contribution in [0.1, 0.15) is 34.4 Å². The molecule has 2 rings (SSSR count). The Morgan fingerprint density at radius 3 is 2.27 bits per heavy atom. The van der Waals surface area contributed by atoms with Crippen LogP contribution in [0.25, 0.3) is 0 Å². The second kappa shape index (κ2) is 6.47. The highest BCUT2D eigenvalue weighted by Crippen LogP contribution is 2.22. The van der Waals surface area contributed by atoms with Gasteiger partial charge >= 0.3 is 5.97 Å². The Hall–Kier alpha value is -2.56. The standard InChI is InChI=1S/C17H19NO4/c1-10-11(2)21-12(3)15(10)17(20)22-13(4)16(19)18-14-8-6-5-7-9-14/h5-9,13H,1-4H3,(H,18,19)/t13-/m1/s1. The third kappa shape index (κ3) is 3.36. The lowest BCUT2D eigenvalue weighted by atomic mass is 10.1. The van der Waals surface area contributed by atoms with Gasteiger partial charge in [-0.15, -0.1) is 0 Å². The lowest BCUT2D eigenvalue weighted by Gasteiger charge is -2.13. The van der Waals surface area contributed by atoms with Crippen molar-refractivity contribution in [3.8, 4) is 0 Å². The molecule has 0 aliphatic rings. The molecule has 116 valence electrons. The topological polar surface area (TPSA) is 68.5 Å². The minimum absolute atomic E-state index is 0.380. The van der Waals surface area contributed by atoms with Crippen molar-refractivity contribution in [1.82, 2.24) is 0 Å². The Bertz CT molecular complexity index is 688. The zero-order valence-electron chi connectivity index (χ0n) is 13.1. The lowest BCUT2D eigenvalue weighted by Crippen LogP contribution is -2.30. The number of rotatable bonds is 4. The predicted octanol–water partition coefficient (Wildman–Crippen LogP) is 3.39. The number of anilines is 1. The first-order chi connectivity index (χ1) is 10.4. The van der Waals surface area contributed by atoms with Crippen LogP contribution >= 0.6 is 0 Å². The molecule has 1 heterocycles. The number of ether oxygens (including phenoxy) is 1. The Balaban J connectivity index is 2.03. The maximum Gasteiger partial charge on any atom is 0.342 e. The number of furan rings is 1. The summed E-state index contributed by atoms with van der Waals surface area (Å²) < 4.78 is 10.6. The molecule has 1 aromatic heterocycles. The van der Waals surface area contributed by atoms with E-state index in [1.165, 1.54) is 6.92 Å². The number of para-hydroxylation sites is 1. The molecule has 0 saturated heterocycles. The van der Waals surface area contributed by atoms with Gasteiger partial charge in [-0.2, -0.15) is 0 Å². The number of hydrogen-bond donors (Lipinski definition) is 1. The molecule has 1 aromatic carbocycles. The fourth-order valence-electron chi connectivity index (χ4n) is 2.13. The van der Waals surface area contributed by atoms with Crippen molar-refractivity contribution in [1.29, 1.82) is 0 Å². The van der Waals surface area contributed by atoms with Crippen molar-refractivity contribution >= 4 is 17.6 Å². The highest BCUT2D eigenvalue weighted by Gasteiger charge is 2.24. The molecule has 0 unspecified atom stereocenters. The number of nitrogens with one attached hydrogen (secondary N) is 1. The first-order valence-corrected chi connectivity index (χ1v) is 7.03. The molecule has 5 nitrogen and oxygen atoms in total. The number of carbonyl (C=O) groups is 2. The van der Waals surface area contributed by atoms with E-state index in [4.69, 9.17) is 9.15 Å². The van der Waals surface area contributed by atoms with E-state index in [1.807, 2.05) is 18.2 Å². The van der Waals surface area contributed by atoms with Gasteiger partial charge in [0.2, 0.25) is 0 Å². The smallest absolute Gasteiger partial charge is 0.342 e. The van der Waals surface area contributed by atoms with Crippen LogP contribution in [-0.4, -0.2) is 18.0 Å². The van der Waals surface area contributed by atoms with Crippen molar-refractivity contribution in [2.75, 3.05) is 5.32 Å². The van der Waals surface area contributed by atoms with Crippen LogP contribution in [-0.2, 0) is 9.53 Å². The first-order valence-electron chi connectivity index (χ1n) is 7.03. The summed E-state index contributed by atoms with van der Waals surface area (Å²) in [5.74, 6) is 0.235. The SMILES string of the molecule is Cc1oc(C)c(C(=O)O[C@H](C)C(=O)Nc2ccccc2)c1C. The molecule has 0 saturated carbocycles. The zero-order chi connectivity index (χ0) is 16.3. The van der Waals surface area contributed by atoms with Crippen molar-refractivity contribution in [3.63, 3.8) is 0 Å². The van der Waals surface area contributed by atoms with E-state index in [2.05, 4.69) is 5.32 Å². The average molecular weight is 301 g/mol. The normalized spacial score (nSPS) is 11.8. The van der Waals surface area contributed by atoms with E-state index in [9.17, 15) is 9.59 Å². The van der Waals surface area contributed by atoms with Gasteiger partial charge in [0, 0.05) is 11.3 Å². The first kappa shape index (κ1) is 15.8. The summed E-state index contributed by atoms with van der Waals surface area (Å²) in [6, 6.07) is 9.01. The fraction of sp³-hybridized carbons (Fsp3) is 0.294. The second-order valence-corrected chi connectivity index (χ2v) is 5.12. The molecule has 1 amide bonds. The predicted molar refractivity (Wildman–Crippen MR) is 82.9 cm³/mol. The van der Waals surface area contributed by atoms with E-state index in [0.29, 0.717) is 22.8 Å². The molecule has 0 fully saturated rings. The van der Waals surface area contributed by atoms with Crippen molar-refractivity contribution in [2.24, 2.45) is 0 Å². The Kier molecular flexibility index (Phi) is 4.65. The summed E-state index contributed by atoms with van der Waals surface area (Å²) in [5, 5.41) is 2.69. The lowest BCUT2D eigenvalue weighted by molar-refractivity contribution is -0.123. The minimum atomic E-state index is -0.901. The van der Waals surface area contributed by atoms with Crippen LogP contribution in [0, 0.1) is 20.8 Å². The van der Waals surface area contributed by atoms with Gasteiger partial charge in [0.25, 0.3) is 5.91 Å². The van der Waals surface area contributed by atoms with Crippen LogP contribution in [0.3, 0.4) is 0 Å². The molecule has 1 atom stereocenters. The summed E-state index contributed by atoms with van der Waals surface area (Å²) in [4.78, 5) is 24.2. The third-order valence-corrected chi connectivity index (χ3v) is 3.46. The largest absolute Gasteiger partial charge is 0.465 e. The molecule has 1 N–H and O–H groups in total. The minimum Gasteiger partial charge on any atom is -0.465 e. The summed E-state index contributed by atoms with van der Waals surface area (Å²) in [6.07, 6.45) is -0.901. The molecule has 0 radical (unpaired) electrons. The molecule has 5 heteroatoms. The maximum atomic E-state index is 12.2. The quantitative estimate of drug-likeness (QED) is 0.879. The Morgan fingerprint density at radius 2 is 1.73 bits per heavy atom. The molecular weight excluding hydrogens is 282 g/mol. The van der Waals surface area contributed by atoms with Gasteiger partial charge in [-0.25, -0.2) is 4.79 Å².